The molecule has 2 aromatic carbocycles. The minimum Gasteiger partial charge on any atom is -0.493 e. The van der Waals surface area contributed by atoms with Crippen LogP contribution in [0.3, 0.4) is 0 Å². The number of hydrogen-bond donors (Lipinski definition) is 1. The number of ether oxygens (including phenoxy) is 3. The summed E-state index contributed by atoms with van der Waals surface area (Å²) in [5.74, 6) is 0.226. The van der Waals surface area contributed by atoms with Gasteiger partial charge in [0, 0.05) is 19.5 Å². The smallest absolute Gasteiger partial charge is 0.308 e. The molecular weight excluding hydrogens is 374 g/mol. The molecule has 1 amide bonds. The van der Waals surface area contributed by atoms with E-state index in [1.54, 1.807) is 18.1 Å². The molecule has 1 fully saturated rings. The second kappa shape index (κ2) is 9.32. The summed E-state index contributed by atoms with van der Waals surface area (Å²) in [6.45, 7) is 3.25. The second-order valence-corrected chi connectivity index (χ2v) is 6.96. The van der Waals surface area contributed by atoms with Crippen molar-refractivity contribution in [2.24, 2.45) is 5.92 Å². The Labute approximate surface area is 169 Å². The number of nitrogens with zero attached hydrogens (tertiary/aromatic N) is 1. The molecule has 0 aliphatic carbocycles. The minimum absolute atomic E-state index is 0.0467. The maximum atomic E-state index is 12.1. The van der Waals surface area contributed by atoms with E-state index in [1.165, 1.54) is 0 Å². The van der Waals surface area contributed by atoms with Crippen LogP contribution in [0.1, 0.15) is 17.5 Å². The quantitative estimate of drug-likeness (QED) is 0.653. The lowest BCUT2D eigenvalue weighted by Crippen LogP contribution is -2.25. The molecule has 0 spiro atoms. The predicted octanol–water partition coefficient (Wildman–Crippen LogP) is 2.89. The highest BCUT2D eigenvalue weighted by atomic mass is 16.5. The number of methoxy groups -OCH3 is 1. The molecule has 1 heterocycles. The Morgan fingerprint density at radius 1 is 1.10 bits per heavy atom. The molecule has 1 saturated heterocycles. The fourth-order valence-corrected chi connectivity index (χ4v) is 3.26. The van der Waals surface area contributed by atoms with Crippen LogP contribution in [0.2, 0.25) is 0 Å². The monoisotopic (exact) mass is 399 g/mol. The minimum atomic E-state index is -0.937. The SMILES string of the molecule is COc1ccc(CN2CC(C(=O)O)CC2=O)cc1OCCOc1ccccc1C. The van der Waals surface area contributed by atoms with Crippen LogP contribution in [0.25, 0.3) is 0 Å². The zero-order valence-electron chi connectivity index (χ0n) is 16.6. The Bertz CT molecular complexity index is 881. The standard InChI is InChI=1S/C22H25NO6/c1-15-5-3-4-6-18(15)28-9-10-29-20-11-16(7-8-19(20)27-2)13-23-14-17(22(25)26)12-21(23)24/h3-8,11,17H,9-10,12-14H2,1-2H3,(H,25,26). The lowest BCUT2D eigenvalue weighted by Gasteiger charge is -2.18. The van der Waals surface area contributed by atoms with Gasteiger partial charge in [-0.05, 0) is 36.2 Å². The van der Waals surface area contributed by atoms with Crippen molar-refractivity contribution < 1.29 is 28.9 Å². The zero-order chi connectivity index (χ0) is 20.8. The number of para-hydroxylation sites is 1. The van der Waals surface area contributed by atoms with Gasteiger partial charge in [0.2, 0.25) is 5.91 Å². The number of likely N-dealkylation sites (tertiary alicyclic amines) is 1. The van der Waals surface area contributed by atoms with Crippen LogP contribution in [0.4, 0.5) is 0 Å². The number of carboxylic acid groups (broad SMARTS) is 1. The molecule has 0 radical (unpaired) electrons. The van der Waals surface area contributed by atoms with E-state index < -0.39 is 11.9 Å². The fraction of sp³-hybridized carbons (Fsp3) is 0.364. The molecule has 1 unspecified atom stereocenters. The van der Waals surface area contributed by atoms with Crippen molar-refractivity contribution in [3.63, 3.8) is 0 Å². The summed E-state index contributed by atoms with van der Waals surface area (Å²) in [4.78, 5) is 24.8. The van der Waals surface area contributed by atoms with Gasteiger partial charge in [-0.1, -0.05) is 24.3 Å². The number of rotatable bonds is 9. The molecule has 1 aliphatic heterocycles. The molecule has 154 valence electrons. The van der Waals surface area contributed by atoms with Gasteiger partial charge in [-0.25, -0.2) is 0 Å². The first-order valence-corrected chi connectivity index (χ1v) is 9.46. The van der Waals surface area contributed by atoms with E-state index in [0.29, 0.717) is 31.3 Å². The van der Waals surface area contributed by atoms with E-state index in [0.717, 1.165) is 16.9 Å². The largest absolute Gasteiger partial charge is 0.493 e. The van der Waals surface area contributed by atoms with E-state index in [9.17, 15) is 9.59 Å². The first kappa shape index (κ1) is 20.5. The first-order chi connectivity index (χ1) is 14.0. The van der Waals surface area contributed by atoms with Crippen LogP contribution in [0.5, 0.6) is 17.2 Å². The van der Waals surface area contributed by atoms with Crippen molar-refractivity contribution in [3.05, 3.63) is 53.6 Å². The number of aliphatic carboxylic acids is 1. The number of hydrogen-bond acceptors (Lipinski definition) is 5. The van der Waals surface area contributed by atoms with Gasteiger partial charge >= 0.3 is 5.97 Å². The van der Waals surface area contributed by atoms with Crippen molar-refractivity contribution in [2.75, 3.05) is 26.9 Å². The van der Waals surface area contributed by atoms with E-state index >= 15 is 0 Å². The molecule has 0 aromatic heterocycles. The molecule has 3 rings (SSSR count). The molecule has 0 bridgehead atoms. The summed E-state index contributed by atoms with van der Waals surface area (Å²) in [7, 11) is 1.56. The van der Waals surface area contributed by atoms with E-state index in [4.69, 9.17) is 19.3 Å². The van der Waals surface area contributed by atoms with Gasteiger partial charge in [-0.3, -0.25) is 9.59 Å². The van der Waals surface area contributed by atoms with Gasteiger partial charge in [0.15, 0.2) is 11.5 Å². The first-order valence-electron chi connectivity index (χ1n) is 9.46. The lowest BCUT2D eigenvalue weighted by molar-refractivity contribution is -0.141. The van der Waals surface area contributed by atoms with E-state index in [-0.39, 0.29) is 18.9 Å². The van der Waals surface area contributed by atoms with Crippen molar-refractivity contribution in [2.45, 2.75) is 19.9 Å². The third-order valence-corrected chi connectivity index (χ3v) is 4.86. The van der Waals surface area contributed by atoms with Gasteiger partial charge < -0.3 is 24.2 Å². The number of aryl methyl sites for hydroxylation is 1. The highest BCUT2D eigenvalue weighted by molar-refractivity contribution is 5.86. The molecule has 7 nitrogen and oxygen atoms in total. The highest BCUT2D eigenvalue weighted by Gasteiger charge is 2.34. The van der Waals surface area contributed by atoms with Gasteiger partial charge in [-0.15, -0.1) is 0 Å². The maximum Gasteiger partial charge on any atom is 0.308 e. The Morgan fingerprint density at radius 2 is 1.83 bits per heavy atom. The Balaban J connectivity index is 1.59. The Hall–Kier alpha value is -3.22. The number of amides is 1. The summed E-state index contributed by atoms with van der Waals surface area (Å²) >= 11 is 0. The lowest BCUT2D eigenvalue weighted by atomic mass is 10.1. The van der Waals surface area contributed by atoms with Crippen molar-refractivity contribution in [1.82, 2.24) is 4.90 Å². The van der Waals surface area contributed by atoms with Crippen molar-refractivity contribution in [3.8, 4) is 17.2 Å². The van der Waals surface area contributed by atoms with Crippen LogP contribution in [-0.2, 0) is 16.1 Å². The summed E-state index contributed by atoms with van der Waals surface area (Å²) in [6, 6.07) is 13.2. The number of carboxylic acids is 1. The van der Waals surface area contributed by atoms with Gasteiger partial charge in [0.25, 0.3) is 0 Å². The maximum absolute atomic E-state index is 12.1. The van der Waals surface area contributed by atoms with Crippen LogP contribution in [0, 0.1) is 12.8 Å². The average Bonchev–Trinajstić information content (AvgIpc) is 3.07. The van der Waals surface area contributed by atoms with Gasteiger partial charge in [-0.2, -0.15) is 0 Å². The molecule has 7 heteroatoms. The predicted molar refractivity (Wildman–Crippen MR) is 106 cm³/mol. The van der Waals surface area contributed by atoms with Gasteiger partial charge in [0.05, 0.1) is 13.0 Å². The van der Waals surface area contributed by atoms with Gasteiger partial charge in [0.1, 0.15) is 19.0 Å². The fourth-order valence-electron chi connectivity index (χ4n) is 3.26. The van der Waals surface area contributed by atoms with Crippen molar-refractivity contribution >= 4 is 11.9 Å². The number of carbonyl (C=O) groups is 2. The summed E-state index contributed by atoms with van der Waals surface area (Å²) in [5, 5.41) is 9.12. The highest BCUT2D eigenvalue weighted by Crippen LogP contribution is 2.30. The average molecular weight is 399 g/mol. The van der Waals surface area contributed by atoms with Crippen LogP contribution in [0.15, 0.2) is 42.5 Å². The van der Waals surface area contributed by atoms with E-state index in [1.807, 2.05) is 43.3 Å². The Kier molecular flexibility index (Phi) is 6.59. The van der Waals surface area contributed by atoms with E-state index in [2.05, 4.69) is 0 Å². The number of carbonyl (C=O) groups excluding carboxylic acids is 1. The third-order valence-electron chi connectivity index (χ3n) is 4.86. The zero-order valence-corrected chi connectivity index (χ0v) is 16.6. The van der Waals surface area contributed by atoms with Crippen LogP contribution >= 0.6 is 0 Å². The second-order valence-electron chi connectivity index (χ2n) is 6.96. The molecule has 1 N–H and O–H groups in total. The molecule has 29 heavy (non-hydrogen) atoms. The molecule has 1 aliphatic rings. The van der Waals surface area contributed by atoms with Crippen LogP contribution in [-0.4, -0.2) is 48.8 Å². The normalized spacial score (nSPS) is 16.0. The molecule has 2 aromatic rings. The summed E-state index contributed by atoms with van der Waals surface area (Å²) in [5.41, 5.74) is 1.90. The van der Waals surface area contributed by atoms with Crippen molar-refractivity contribution in [1.29, 1.82) is 0 Å². The molecule has 1 atom stereocenters. The number of benzene rings is 2. The topological polar surface area (TPSA) is 85.3 Å². The third kappa shape index (κ3) is 5.19. The Morgan fingerprint density at radius 3 is 2.48 bits per heavy atom. The molecule has 0 saturated carbocycles. The molecular formula is C22H25NO6. The summed E-state index contributed by atoms with van der Waals surface area (Å²) < 4.78 is 16.9. The van der Waals surface area contributed by atoms with Crippen LogP contribution < -0.4 is 14.2 Å². The summed E-state index contributed by atoms with van der Waals surface area (Å²) in [6.07, 6.45) is 0.0467.